The number of carbonyl (C=O) groups excluding carboxylic acids is 1. The SMILES string of the molecule is C[C@H]1[C@@H](CSc2ncn[nH]2)O[C@@H](c2cccc(NC(=O)c3cnc4ccccc4n3)c2)O[C@H]1c1ccc(CO)cc1. The summed E-state index contributed by atoms with van der Waals surface area (Å²) in [6, 6.07) is 22.6. The van der Waals surface area contributed by atoms with Crippen LogP contribution in [0.25, 0.3) is 11.0 Å². The molecule has 0 unspecified atom stereocenters. The lowest BCUT2D eigenvalue weighted by Gasteiger charge is -2.41. The summed E-state index contributed by atoms with van der Waals surface area (Å²) in [6.45, 7) is 2.08. The number of aromatic amines is 1. The molecule has 3 N–H and O–H groups in total. The first kappa shape index (κ1) is 27.0. The number of nitrogens with zero attached hydrogens (tertiary/aromatic N) is 4. The number of para-hydroxylation sites is 2. The molecule has 6 rings (SSSR count). The highest BCUT2D eigenvalue weighted by molar-refractivity contribution is 7.99. The van der Waals surface area contributed by atoms with Crippen molar-refractivity contribution in [1.82, 2.24) is 25.1 Å². The van der Waals surface area contributed by atoms with E-state index in [9.17, 15) is 9.90 Å². The molecule has 3 heterocycles. The van der Waals surface area contributed by atoms with Crippen LogP contribution in [0.4, 0.5) is 5.69 Å². The minimum atomic E-state index is -0.675. The molecule has 1 amide bonds. The summed E-state index contributed by atoms with van der Waals surface area (Å²) in [7, 11) is 0. The Kier molecular flexibility index (Phi) is 8.01. The number of thioether (sulfide) groups is 1. The van der Waals surface area contributed by atoms with E-state index >= 15 is 0 Å². The van der Waals surface area contributed by atoms with E-state index in [2.05, 4.69) is 37.4 Å². The summed E-state index contributed by atoms with van der Waals surface area (Å²) in [5, 5.41) is 19.9. The second kappa shape index (κ2) is 12.1. The van der Waals surface area contributed by atoms with Crippen molar-refractivity contribution < 1.29 is 19.4 Å². The fraction of sp³-hybridized carbons (Fsp3) is 0.233. The number of anilines is 1. The molecule has 5 aromatic rings. The molecule has 0 spiro atoms. The Morgan fingerprint density at radius 2 is 1.83 bits per heavy atom. The molecule has 1 aliphatic rings. The van der Waals surface area contributed by atoms with Crippen molar-refractivity contribution in [3.8, 4) is 0 Å². The first-order chi connectivity index (χ1) is 20.1. The average molecular weight is 569 g/mol. The number of benzene rings is 3. The standard InChI is InChI=1S/C30H28N6O4S/c1-18-26(16-41-30-32-17-33-36-30)39-29(40-27(18)20-11-9-19(15-37)10-12-20)21-5-4-6-22(13-21)34-28(38)25-14-31-23-7-2-3-8-24(23)35-25/h2-14,17-18,26-27,29,37H,15-16H2,1H3,(H,34,38)(H,32,33,36)/t18-,26+,27+,29+/m0/s1. The van der Waals surface area contributed by atoms with Crippen molar-refractivity contribution in [2.24, 2.45) is 5.92 Å². The molecular weight excluding hydrogens is 540 g/mol. The van der Waals surface area contributed by atoms with E-state index in [0.717, 1.165) is 22.2 Å². The van der Waals surface area contributed by atoms with E-state index in [1.807, 2.05) is 72.8 Å². The van der Waals surface area contributed by atoms with Crippen LogP contribution in [0.15, 0.2) is 90.5 Å². The van der Waals surface area contributed by atoms with Gasteiger partial charge in [0.2, 0.25) is 0 Å². The molecule has 0 radical (unpaired) electrons. The molecule has 1 aliphatic heterocycles. The van der Waals surface area contributed by atoms with Gasteiger partial charge in [-0.05, 0) is 35.4 Å². The topological polar surface area (TPSA) is 135 Å². The Morgan fingerprint density at radius 1 is 1.00 bits per heavy atom. The van der Waals surface area contributed by atoms with Crippen LogP contribution in [0.5, 0.6) is 0 Å². The molecular formula is C30H28N6O4S. The minimum absolute atomic E-state index is 0.0210. The lowest BCUT2D eigenvalue weighted by Crippen LogP contribution is -2.38. The highest BCUT2D eigenvalue weighted by Crippen LogP contribution is 2.43. The predicted molar refractivity (Wildman–Crippen MR) is 154 cm³/mol. The number of aliphatic hydroxyl groups excluding tert-OH is 1. The van der Waals surface area contributed by atoms with Crippen molar-refractivity contribution in [3.05, 3.63) is 108 Å². The maximum absolute atomic E-state index is 13.0. The Balaban J connectivity index is 1.23. The van der Waals surface area contributed by atoms with Crippen molar-refractivity contribution >= 4 is 34.4 Å². The van der Waals surface area contributed by atoms with Crippen molar-refractivity contribution in [1.29, 1.82) is 0 Å². The summed E-state index contributed by atoms with van der Waals surface area (Å²) in [5.41, 5.74) is 4.79. The molecule has 0 saturated carbocycles. The smallest absolute Gasteiger partial charge is 0.275 e. The molecule has 2 aromatic heterocycles. The Hall–Kier alpha value is -4.16. The van der Waals surface area contributed by atoms with Gasteiger partial charge in [-0.3, -0.25) is 14.9 Å². The van der Waals surface area contributed by atoms with Gasteiger partial charge in [0, 0.05) is 22.9 Å². The summed E-state index contributed by atoms with van der Waals surface area (Å²) in [4.78, 5) is 26.0. The molecule has 4 atom stereocenters. The van der Waals surface area contributed by atoms with E-state index in [0.29, 0.717) is 22.1 Å². The third-order valence-electron chi connectivity index (χ3n) is 7.00. The average Bonchev–Trinajstić information content (AvgIpc) is 3.54. The van der Waals surface area contributed by atoms with Gasteiger partial charge in [0.15, 0.2) is 11.4 Å². The van der Waals surface area contributed by atoms with Crippen molar-refractivity contribution in [2.45, 2.75) is 37.2 Å². The molecule has 11 heteroatoms. The van der Waals surface area contributed by atoms with E-state index in [4.69, 9.17) is 9.47 Å². The van der Waals surface area contributed by atoms with Crippen LogP contribution in [0.2, 0.25) is 0 Å². The Bertz CT molecular complexity index is 1630. The number of hydrogen-bond acceptors (Lipinski definition) is 9. The fourth-order valence-electron chi connectivity index (χ4n) is 4.76. The van der Waals surface area contributed by atoms with Crippen LogP contribution in [0.1, 0.15) is 46.5 Å². The lowest BCUT2D eigenvalue weighted by atomic mass is 9.91. The largest absolute Gasteiger partial charge is 0.392 e. The number of rotatable bonds is 8. The molecule has 0 bridgehead atoms. The number of aromatic nitrogens is 5. The van der Waals surface area contributed by atoms with Gasteiger partial charge in [-0.25, -0.2) is 9.97 Å². The van der Waals surface area contributed by atoms with Gasteiger partial charge in [0.25, 0.3) is 5.91 Å². The number of aliphatic hydroxyl groups is 1. The Morgan fingerprint density at radius 3 is 2.61 bits per heavy atom. The van der Waals surface area contributed by atoms with Gasteiger partial charge in [-0.1, -0.05) is 67.2 Å². The number of fused-ring (bicyclic) bond motifs is 1. The zero-order valence-corrected chi connectivity index (χ0v) is 23.0. The second-order valence-corrected chi connectivity index (χ2v) is 10.8. The van der Waals surface area contributed by atoms with E-state index in [-0.39, 0.29) is 36.3 Å². The van der Waals surface area contributed by atoms with Crippen molar-refractivity contribution in [3.63, 3.8) is 0 Å². The number of nitrogens with one attached hydrogen (secondary N) is 2. The summed E-state index contributed by atoms with van der Waals surface area (Å²) < 4.78 is 13.0. The van der Waals surface area contributed by atoms with Crippen LogP contribution in [0.3, 0.4) is 0 Å². The van der Waals surface area contributed by atoms with Crippen LogP contribution in [-0.4, -0.2) is 48.0 Å². The van der Waals surface area contributed by atoms with Crippen molar-refractivity contribution in [2.75, 3.05) is 11.1 Å². The molecule has 208 valence electrons. The monoisotopic (exact) mass is 568 g/mol. The number of hydrogen-bond donors (Lipinski definition) is 3. The molecule has 3 aromatic carbocycles. The lowest BCUT2D eigenvalue weighted by molar-refractivity contribution is -0.268. The highest BCUT2D eigenvalue weighted by atomic mass is 32.2. The normalized spacial score (nSPS) is 20.6. The quantitative estimate of drug-likeness (QED) is 0.219. The number of carbonyl (C=O) groups is 1. The van der Waals surface area contributed by atoms with Crippen LogP contribution < -0.4 is 5.32 Å². The van der Waals surface area contributed by atoms with E-state index in [1.165, 1.54) is 24.3 Å². The second-order valence-electron chi connectivity index (χ2n) is 9.75. The number of amides is 1. The van der Waals surface area contributed by atoms with Crippen LogP contribution >= 0.6 is 11.8 Å². The Labute approximate surface area is 240 Å². The molecule has 10 nitrogen and oxygen atoms in total. The van der Waals surface area contributed by atoms with Gasteiger partial charge in [-0.15, -0.1) is 0 Å². The third-order valence-corrected chi connectivity index (χ3v) is 7.96. The van der Waals surface area contributed by atoms with Crippen LogP contribution in [-0.2, 0) is 16.1 Å². The molecule has 1 saturated heterocycles. The molecule has 0 aliphatic carbocycles. The fourth-order valence-corrected chi connectivity index (χ4v) is 5.70. The summed E-state index contributed by atoms with van der Waals surface area (Å²) >= 11 is 1.54. The van der Waals surface area contributed by atoms with Gasteiger partial charge >= 0.3 is 0 Å². The van der Waals surface area contributed by atoms with Crippen LogP contribution in [0, 0.1) is 5.92 Å². The predicted octanol–water partition coefficient (Wildman–Crippen LogP) is 5.08. The van der Waals surface area contributed by atoms with E-state index in [1.54, 1.807) is 0 Å². The zero-order valence-electron chi connectivity index (χ0n) is 22.2. The first-order valence-electron chi connectivity index (χ1n) is 13.2. The maximum Gasteiger partial charge on any atom is 0.275 e. The zero-order chi connectivity index (χ0) is 28.2. The summed E-state index contributed by atoms with van der Waals surface area (Å²) in [5.74, 6) is 0.303. The maximum atomic E-state index is 13.0. The van der Waals surface area contributed by atoms with Gasteiger partial charge in [0.1, 0.15) is 12.0 Å². The minimum Gasteiger partial charge on any atom is -0.392 e. The summed E-state index contributed by atoms with van der Waals surface area (Å²) in [6.07, 6.45) is 1.85. The first-order valence-corrected chi connectivity index (χ1v) is 14.2. The van der Waals surface area contributed by atoms with E-state index < -0.39 is 6.29 Å². The highest BCUT2D eigenvalue weighted by Gasteiger charge is 2.38. The number of H-pyrrole nitrogens is 1. The molecule has 1 fully saturated rings. The van der Waals surface area contributed by atoms with Gasteiger partial charge < -0.3 is 19.9 Å². The van der Waals surface area contributed by atoms with Gasteiger partial charge in [-0.2, -0.15) is 5.10 Å². The number of ether oxygens (including phenoxy) is 2. The van der Waals surface area contributed by atoms with Gasteiger partial charge in [0.05, 0.1) is 36.0 Å². The molecule has 41 heavy (non-hydrogen) atoms. The third kappa shape index (κ3) is 6.13.